The first kappa shape index (κ1) is 28.3. The van der Waals surface area contributed by atoms with Crippen LogP contribution in [0.4, 0.5) is 0 Å². The van der Waals surface area contributed by atoms with Crippen molar-refractivity contribution in [2.24, 2.45) is 22.9 Å². The fourth-order valence-electron chi connectivity index (χ4n) is 5.61. The maximum atomic E-state index is 13.4. The van der Waals surface area contributed by atoms with E-state index >= 15 is 0 Å². The van der Waals surface area contributed by atoms with Gasteiger partial charge in [-0.2, -0.15) is 0 Å². The molecule has 0 aromatic heterocycles. The number of carbonyl (C=O) groups excluding carboxylic acids is 2. The van der Waals surface area contributed by atoms with E-state index in [1.165, 1.54) is 5.01 Å². The molecule has 2 aliphatic rings. The summed E-state index contributed by atoms with van der Waals surface area (Å²) in [6.45, 7) is 6.10. The molecular weight excluding hydrogens is 494 g/mol. The lowest BCUT2D eigenvalue weighted by Crippen LogP contribution is -2.42. The lowest BCUT2D eigenvalue weighted by molar-refractivity contribution is -0.142. The molecule has 1 heterocycles. The van der Waals surface area contributed by atoms with Gasteiger partial charge in [0.2, 0.25) is 11.8 Å². The van der Waals surface area contributed by atoms with Crippen LogP contribution in [0.5, 0.6) is 0 Å². The molecule has 8 nitrogen and oxygen atoms in total. The van der Waals surface area contributed by atoms with Gasteiger partial charge in [0, 0.05) is 11.6 Å². The Bertz CT molecular complexity index is 1180. The molecule has 4 rings (SSSR count). The third-order valence-electron chi connectivity index (χ3n) is 7.71. The third-order valence-corrected chi connectivity index (χ3v) is 7.71. The Balaban J connectivity index is 1.40. The summed E-state index contributed by atoms with van der Waals surface area (Å²) in [6, 6.07) is 17.4. The van der Waals surface area contributed by atoms with Crippen LogP contribution in [-0.4, -0.2) is 46.4 Å². The molecule has 1 fully saturated rings. The fraction of sp³-hybridized carbons (Fsp3) is 0.484. The monoisotopic (exact) mass is 533 g/mol. The fourth-order valence-corrected chi connectivity index (χ4v) is 5.61. The minimum atomic E-state index is -0.758. The third kappa shape index (κ3) is 7.46. The number of hydrazone groups is 1. The molecule has 1 aliphatic heterocycles. The molecule has 208 valence electrons. The molecule has 4 atom stereocenters. The van der Waals surface area contributed by atoms with Crippen molar-refractivity contribution in [3.8, 4) is 0 Å². The molecule has 8 heteroatoms. The van der Waals surface area contributed by atoms with Crippen molar-refractivity contribution < 1.29 is 24.2 Å². The number of nitrogens with zero attached hydrogens (tertiary/aromatic N) is 2. The Morgan fingerprint density at radius 3 is 2.46 bits per heavy atom. The number of carbonyl (C=O) groups is 3. The van der Waals surface area contributed by atoms with E-state index < -0.39 is 5.97 Å². The normalized spacial score (nSPS) is 21.1. The molecule has 4 unspecified atom stereocenters. The molecule has 2 aromatic rings. The van der Waals surface area contributed by atoms with E-state index in [4.69, 9.17) is 4.74 Å². The molecular formula is C31H39N3O5. The summed E-state index contributed by atoms with van der Waals surface area (Å²) in [5.41, 5.74) is 2.66. The average Bonchev–Trinajstić information content (AvgIpc) is 2.91. The summed E-state index contributed by atoms with van der Waals surface area (Å²) < 4.78 is 5.53. The van der Waals surface area contributed by atoms with Crippen molar-refractivity contribution in [2.75, 3.05) is 6.61 Å². The SMILES string of the molecule is CC(CC1CCCC(NC(=O)C(c2ccc(CN3N=C(c4ccccc4)OCC3=O)cc2)C(C)C)C1)C(=O)O. The topological polar surface area (TPSA) is 108 Å². The molecule has 0 saturated heterocycles. The van der Waals surface area contributed by atoms with Crippen LogP contribution < -0.4 is 5.32 Å². The van der Waals surface area contributed by atoms with Gasteiger partial charge in [-0.1, -0.05) is 76.1 Å². The second kappa shape index (κ2) is 12.9. The second-order valence-corrected chi connectivity index (χ2v) is 11.2. The smallest absolute Gasteiger partial charge is 0.306 e. The van der Waals surface area contributed by atoms with Gasteiger partial charge in [0.05, 0.1) is 18.4 Å². The van der Waals surface area contributed by atoms with Gasteiger partial charge in [-0.3, -0.25) is 14.4 Å². The Morgan fingerprint density at radius 1 is 1.08 bits per heavy atom. The van der Waals surface area contributed by atoms with Crippen LogP contribution in [-0.2, 0) is 25.7 Å². The van der Waals surface area contributed by atoms with Crippen molar-refractivity contribution >= 4 is 23.7 Å². The van der Waals surface area contributed by atoms with E-state index in [2.05, 4.69) is 10.4 Å². The van der Waals surface area contributed by atoms with Gasteiger partial charge in [-0.25, -0.2) is 5.01 Å². The summed E-state index contributed by atoms with van der Waals surface area (Å²) >= 11 is 0. The molecule has 1 saturated carbocycles. The minimum Gasteiger partial charge on any atom is -0.481 e. The Kier molecular flexibility index (Phi) is 9.38. The number of nitrogens with one attached hydrogen (secondary N) is 1. The molecule has 39 heavy (non-hydrogen) atoms. The Hall–Kier alpha value is -3.68. The number of ether oxygens (including phenoxy) is 1. The van der Waals surface area contributed by atoms with Crippen molar-refractivity contribution in [3.63, 3.8) is 0 Å². The zero-order valence-electron chi connectivity index (χ0n) is 23.0. The van der Waals surface area contributed by atoms with Gasteiger partial charge >= 0.3 is 5.97 Å². The van der Waals surface area contributed by atoms with Gasteiger partial charge in [0.15, 0.2) is 6.61 Å². The van der Waals surface area contributed by atoms with Crippen LogP contribution >= 0.6 is 0 Å². The predicted octanol–water partition coefficient (Wildman–Crippen LogP) is 4.93. The van der Waals surface area contributed by atoms with E-state index in [1.807, 2.05) is 68.4 Å². The van der Waals surface area contributed by atoms with Crippen LogP contribution in [0.25, 0.3) is 0 Å². The standard InChI is InChI=1S/C31H39N3O5/c1-20(2)28(29(36)32-26-11-7-8-23(17-26)16-21(3)31(37)38)24-14-12-22(13-15-24)18-34-27(35)19-39-30(33-34)25-9-5-4-6-10-25/h4-6,9-10,12-15,20-21,23,26,28H,7-8,11,16-19H2,1-3H3,(H,32,36)(H,37,38). The predicted molar refractivity (Wildman–Crippen MR) is 149 cm³/mol. The van der Waals surface area contributed by atoms with Gasteiger partial charge in [-0.15, -0.1) is 5.10 Å². The van der Waals surface area contributed by atoms with Gasteiger partial charge in [-0.05, 0) is 54.4 Å². The molecule has 2 N–H and O–H groups in total. The van der Waals surface area contributed by atoms with Crippen molar-refractivity contribution in [2.45, 2.75) is 71.4 Å². The number of amides is 2. The molecule has 0 radical (unpaired) electrons. The zero-order chi connectivity index (χ0) is 27.9. The number of benzene rings is 2. The Labute approximate surface area is 230 Å². The van der Waals surface area contributed by atoms with Gasteiger partial charge in [0.25, 0.3) is 5.91 Å². The Morgan fingerprint density at radius 2 is 1.79 bits per heavy atom. The molecule has 0 bridgehead atoms. The molecule has 0 spiro atoms. The van der Waals surface area contributed by atoms with E-state index in [9.17, 15) is 19.5 Å². The summed E-state index contributed by atoms with van der Waals surface area (Å²) in [5, 5.41) is 18.4. The molecule has 2 amide bonds. The highest BCUT2D eigenvalue weighted by atomic mass is 16.5. The van der Waals surface area contributed by atoms with Crippen LogP contribution in [0.2, 0.25) is 0 Å². The number of carboxylic acids is 1. The quantitative estimate of drug-likeness (QED) is 0.450. The minimum absolute atomic E-state index is 0.00939. The van der Waals surface area contributed by atoms with Gasteiger partial charge in [0.1, 0.15) is 0 Å². The number of hydrogen-bond donors (Lipinski definition) is 2. The first-order chi connectivity index (χ1) is 18.7. The van der Waals surface area contributed by atoms with E-state index in [0.717, 1.165) is 42.4 Å². The lowest BCUT2D eigenvalue weighted by atomic mass is 9.80. The second-order valence-electron chi connectivity index (χ2n) is 11.2. The van der Waals surface area contributed by atoms with Crippen LogP contribution in [0, 0.1) is 17.8 Å². The lowest BCUT2D eigenvalue weighted by Gasteiger charge is -2.32. The van der Waals surface area contributed by atoms with Crippen LogP contribution in [0.1, 0.15) is 75.5 Å². The van der Waals surface area contributed by atoms with E-state index in [-0.39, 0.29) is 42.2 Å². The number of rotatable bonds is 10. The molecule has 2 aromatic carbocycles. The number of hydrogen-bond acceptors (Lipinski definition) is 5. The van der Waals surface area contributed by atoms with Gasteiger partial charge < -0.3 is 15.2 Å². The highest BCUT2D eigenvalue weighted by Gasteiger charge is 2.30. The number of aliphatic carboxylic acids is 1. The average molecular weight is 534 g/mol. The van der Waals surface area contributed by atoms with Crippen molar-refractivity contribution in [1.29, 1.82) is 0 Å². The maximum Gasteiger partial charge on any atom is 0.306 e. The summed E-state index contributed by atoms with van der Waals surface area (Å²) in [6.07, 6.45) is 4.41. The largest absolute Gasteiger partial charge is 0.481 e. The van der Waals surface area contributed by atoms with E-state index in [1.54, 1.807) is 6.92 Å². The summed E-state index contributed by atoms with van der Waals surface area (Å²) in [5.74, 6) is -0.783. The van der Waals surface area contributed by atoms with Crippen molar-refractivity contribution in [1.82, 2.24) is 10.3 Å². The summed E-state index contributed by atoms with van der Waals surface area (Å²) in [7, 11) is 0. The summed E-state index contributed by atoms with van der Waals surface area (Å²) in [4.78, 5) is 37.1. The first-order valence-electron chi connectivity index (χ1n) is 13.9. The van der Waals surface area contributed by atoms with Crippen molar-refractivity contribution in [3.05, 3.63) is 71.3 Å². The zero-order valence-corrected chi connectivity index (χ0v) is 23.0. The molecule has 1 aliphatic carbocycles. The highest BCUT2D eigenvalue weighted by Crippen LogP contribution is 2.31. The number of carboxylic acid groups (broad SMARTS) is 1. The van der Waals surface area contributed by atoms with Crippen LogP contribution in [0.3, 0.4) is 0 Å². The maximum absolute atomic E-state index is 13.4. The van der Waals surface area contributed by atoms with Crippen LogP contribution in [0.15, 0.2) is 59.7 Å². The first-order valence-corrected chi connectivity index (χ1v) is 13.9. The highest BCUT2D eigenvalue weighted by molar-refractivity contribution is 5.97. The van der Waals surface area contributed by atoms with E-state index in [0.29, 0.717) is 24.8 Å².